The van der Waals surface area contributed by atoms with E-state index in [2.05, 4.69) is 56.8 Å². The van der Waals surface area contributed by atoms with E-state index < -0.39 is 0 Å². The maximum Gasteiger partial charge on any atom is 0.178 e. The van der Waals surface area contributed by atoms with Crippen molar-refractivity contribution < 1.29 is 4.39 Å². The summed E-state index contributed by atoms with van der Waals surface area (Å²) in [4.78, 5) is 2.35. The lowest BCUT2D eigenvalue weighted by Gasteiger charge is -2.37. The highest BCUT2D eigenvalue weighted by molar-refractivity contribution is 5.58. The van der Waals surface area contributed by atoms with Crippen molar-refractivity contribution in [2.75, 3.05) is 11.4 Å². The number of aromatic nitrogens is 4. The van der Waals surface area contributed by atoms with E-state index in [-0.39, 0.29) is 11.9 Å². The first-order valence-corrected chi connectivity index (χ1v) is 10.2. The van der Waals surface area contributed by atoms with E-state index in [4.69, 9.17) is 0 Å². The van der Waals surface area contributed by atoms with Crippen molar-refractivity contribution in [1.82, 2.24) is 20.2 Å². The summed E-state index contributed by atoms with van der Waals surface area (Å²) in [6.07, 6.45) is 2.10. The zero-order chi connectivity index (χ0) is 20.3. The lowest BCUT2D eigenvalue weighted by atomic mass is 9.96. The fourth-order valence-electron chi connectivity index (χ4n) is 4.22. The Morgan fingerprint density at radius 3 is 2.50 bits per heavy atom. The van der Waals surface area contributed by atoms with Crippen LogP contribution in [0.25, 0.3) is 0 Å². The minimum atomic E-state index is -0.250. The number of hydrogen-bond acceptors (Lipinski definition) is 4. The Morgan fingerprint density at radius 1 is 0.900 bits per heavy atom. The normalized spacial score (nSPS) is 14.4. The van der Waals surface area contributed by atoms with Crippen LogP contribution in [0, 0.1) is 5.82 Å². The number of tetrazole rings is 1. The molecule has 0 N–H and O–H groups in total. The van der Waals surface area contributed by atoms with Crippen LogP contribution in [0.4, 0.5) is 10.1 Å². The molecule has 0 saturated carbocycles. The molecule has 1 aliphatic heterocycles. The average Bonchev–Trinajstić information content (AvgIpc) is 3.24. The third-order valence-corrected chi connectivity index (χ3v) is 5.62. The molecule has 0 amide bonds. The molecule has 0 saturated heterocycles. The first kappa shape index (κ1) is 18.5. The molecule has 3 aromatic carbocycles. The number of hydrogen-bond donors (Lipinski definition) is 0. The van der Waals surface area contributed by atoms with E-state index in [9.17, 15) is 4.39 Å². The molecular weight excluding hydrogens is 377 g/mol. The average molecular weight is 399 g/mol. The van der Waals surface area contributed by atoms with Crippen molar-refractivity contribution in [3.05, 3.63) is 107 Å². The molecular formula is C24H22FN5. The molecule has 0 spiro atoms. The molecule has 1 atom stereocenters. The molecule has 0 bridgehead atoms. The van der Waals surface area contributed by atoms with Crippen LogP contribution in [0.5, 0.6) is 0 Å². The van der Waals surface area contributed by atoms with Gasteiger partial charge in [-0.1, -0.05) is 60.7 Å². The molecule has 6 heteroatoms. The second kappa shape index (κ2) is 8.06. The second-order valence-electron chi connectivity index (χ2n) is 7.56. The third-order valence-electron chi connectivity index (χ3n) is 5.62. The van der Waals surface area contributed by atoms with Gasteiger partial charge in [0.25, 0.3) is 0 Å². The molecule has 5 nitrogen and oxygen atoms in total. The van der Waals surface area contributed by atoms with E-state index in [0.29, 0.717) is 6.54 Å². The summed E-state index contributed by atoms with van der Waals surface area (Å²) in [6.45, 7) is 1.47. The van der Waals surface area contributed by atoms with Gasteiger partial charge >= 0.3 is 0 Å². The fourth-order valence-corrected chi connectivity index (χ4v) is 4.22. The first-order valence-electron chi connectivity index (χ1n) is 10.2. The van der Waals surface area contributed by atoms with Crippen molar-refractivity contribution in [2.45, 2.75) is 25.4 Å². The van der Waals surface area contributed by atoms with Gasteiger partial charge in [-0.25, -0.2) is 9.07 Å². The van der Waals surface area contributed by atoms with E-state index in [1.54, 1.807) is 0 Å². The van der Waals surface area contributed by atoms with Gasteiger partial charge in [-0.05, 0) is 58.2 Å². The van der Waals surface area contributed by atoms with Gasteiger partial charge in [0.1, 0.15) is 11.9 Å². The standard InChI is InChI=1S/C24H22FN5/c25-21-14-12-20(13-15-21)23(29-16-6-10-19-9-4-5-11-22(19)29)24-26-27-28-30(24)17-18-7-2-1-3-8-18/h1-5,7-9,11-15,23H,6,10,16-17H2. The predicted octanol–water partition coefficient (Wildman–Crippen LogP) is 4.40. The highest BCUT2D eigenvalue weighted by Gasteiger charge is 2.31. The molecule has 4 aromatic rings. The van der Waals surface area contributed by atoms with Gasteiger partial charge in [0.05, 0.1) is 6.54 Å². The predicted molar refractivity (Wildman–Crippen MR) is 114 cm³/mol. The Kier molecular flexibility index (Phi) is 4.97. The van der Waals surface area contributed by atoms with E-state index in [0.717, 1.165) is 36.3 Å². The summed E-state index contributed by atoms with van der Waals surface area (Å²) in [5.74, 6) is 0.502. The van der Waals surface area contributed by atoms with E-state index in [1.807, 2.05) is 35.0 Å². The minimum Gasteiger partial charge on any atom is -0.357 e. The molecule has 1 aliphatic rings. The topological polar surface area (TPSA) is 46.8 Å². The molecule has 150 valence electrons. The Labute approximate surface area is 174 Å². The van der Waals surface area contributed by atoms with Crippen molar-refractivity contribution >= 4 is 5.69 Å². The second-order valence-corrected chi connectivity index (χ2v) is 7.56. The van der Waals surface area contributed by atoms with Crippen LogP contribution < -0.4 is 4.90 Å². The number of nitrogens with zero attached hydrogens (tertiary/aromatic N) is 5. The lowest BCUT2D eigenvalue weighted by Crippen LogP contribution is -2.36. The van der Waals surface area contributed by atoms with Crippen LogP contribution in [0.2, 0.25) is 0 Å². The molecule has 5 rings (SSSR count). The summed E-state index contributed by atoms with van der Waals surface area (Å²) in [5, 5.41) is 12.7. The van der Waals surface area contributed by atoms with Crippen LogP contribution in [0.15, 0.2) is 78.9 Å². The van der Waals surface area contributed by atoms with Gasteiger partial charge in [0.15, 0.2) is 5.82 Å². The van der Waals surface area contributed by atoms with Crippen molar-refractivity contribution in [3.63, 3.8) is 0 Å². The molecule has 0 aliphatic carbocycles. The van der Waals surface area contributed by atoms with Crippen LogP contribution in [0.3, 0.4) is 0 Å². The van der Waals surface area contributed by atoms with E-state index in [1.165, 1.54) is 23.4 Å². The van der Waals surface area contributed by atoms with Gasteiger partial charge in [-0.15, -0.1) is 5.10 Å². The zero-order valence-electron chi connectivity index (χ0n) is 16.5. The Bertz CT molecular complexity index is 1120. The van der Waals surface area contributed by atoms with Gasteiger partial charge in [-0.2, -0.15) is 0 Å². The van der Waals surface area contributed by atoms with Crippen molar-refractivity contribution in [1.29, 1.82) is 0 Å². The number of fused-ring (bicyclic) bond motifs is 1. The Balaban J connectivity index is 1.61. The number of anilines is 1. The summed E-state index contributed by atoms with van der Waals surface area (Å²) in [6, 6.07) is 25.1. The van der Waals surface area contributed by atoms with Crippen LogP contribution in [-0.2, 0) is 13.0 Å². The number of aryl methyl sites for hydroxylation is 1. The van der Waals surface area contributed by atoms with E-state index >= 15 is 0 Å². The largest absolute Gasteiger partial charge is 0.357 e. The molecule has 2 heterocycles. The van der Waals surface area contributed by atoms with Crippen molar-refractivity contribution in [2.24, 2.45) is 0 Å². The zero-order valence-corrected chi connectivity index (χ0v) is 16.5. The Hall–Kier alpha value is -3.54. The maximum absolute atomic E-state index is 13.7. The highest BCUT2D eigenvalue weighted by atomic mass is 19.1. The highest BCUT2D eigenvalue weighted by Crippen LogP contribution is 2.37. The minimum absolute atomic E-state index is 0.203. The Morgan fingerprint density at radius 2 is 1.67 bits per heavy atom. The quantitative estimate of drug-likeness (QED) is 0.499. The van der Waals surface area contributed by atoms with Gasteiger partial charge in [0.2, 0.25) is 0 Å². The number of halogens is 1. The SMILES string of the molecule is Fc1ccc(C(c2nnnn2Cc2ccccc2)N2CCCc3ccccc32)cc1. The third kappa shape index (κ3) is 3.56. The summed E-state index contributed by atoms with van der Waals surface area (Å²) >= 11 is 0. The van der Waals surface area contributed by atoms with Crippen LogP contribution in [0.1, 0.15) is 35.0 Å². The molecule has 1 unspecified atom stereocenters. The smallest absolute Gasteiger partial charge is 0.178 e. The first-order chi connectivity index (χ1) is 14.8. The monoisotopic (exact) mass is 399 g/mol. The maximum atomic E-state index is 13.7. The van der Waals surface area contributed by atoms with Gasteiger partial charge < -0.3 is 4.90 Å². The van der Waals surface area contributed by atoms with Crippen molar-refractivity contribution in [3.8, 4) is 0 Å². The molecule has 0 fully saturated rings. The van der Waals surface area contributed by atoms with Gasteiger partial charge in [0, 0.05) is 12.2 Å². The molecule has 1 aromatic heterocycles. The fraction of sp³-hybridized carbons (Fsp3) is 0.208. The molecule has 0 radical (unpaired) electrons. The number of para-hydroxylation sites is 1. The summed E-state index contributed by atoms with van der Waals surface area (Å²) in [5.41, 5.74) is 4.60. The molecule has 30 heavy (non-hydrogen) atoms. The lowest BCUT2D eigenvalue weighted by molar-refractivity contribution is 0.556. The summed E-state index contributed by atoms with van der Waals surface area (Å²) in [7, 11) is 0. The van der Waals surface area contributed by atoms with Crippen LogP contribution in [-0.4, -0.2) is 26.8 Å². The van der Waals surface area contributed by atoms with Gasteiger partial charge in [-0.3, -0.25) is 0 Å². The number of benzene rings is 3. The summed E-state index contributed by atoms with van der Waals surface area (Å²) < 4.78 is 15.5. The van der Waals surface area contributed by atoms with Crippen LogP contribution >= 0.6 is 0 Å². The number of rotatable bonds is 5.